The summed E-state index contributed by atoms with van der Waals surface area (Å²) in [7, 11) is 0. The molecule has 0 bridgehead atoms. The fourth-order valence-electron chi connectivity index (χ4n) is 4.55. The summed E-state index contributed by atoms with van der Waals surface area (Å²) in [5, 5.41) is 16.8. The van der Waals surface area contributed by atoms with Crippen LogP contribution in [0.3, 0.4) is 0 Å². The highest BCUT2D eigenvalue weighted by Crippen LogP contribution is 2.55. The molecule has 3 rings (SSSR count). The predicted octanol–water partition coefficient (Wildman–Crippen LogP) is 4.60. The smallest absolute Gasteiger partial charge is 0.254 e. The molecule has 154 valence electrons. The summed E-state index contributed by atoms with van der Waals surface area (Å²) >= 11 is 6.14. The van der Waals surface area contributed by atoms with E-state index in [9.17, 15) is 4.79 Å². The summed E-state index contributed by atoms with van der Waals surface area (Å²) in [6.45, 7) is 12.4. The van der Waals surface area contributed by atoms with Crippen molar-refractivity contribution in [3.63, 3.8) is 0 Å². The van der Waals surface area contributed by atoms with Crippen LogP contribution in [0.15, 0.2) is 30.6 Å². The Balaban J connectivity index is 1.75. The number of hydrogen-bond donors (Lipinski definition) is 1. The van der Waals surface area contributed by atoms with Crippen LogP contribution in [-0.4, -0.2) is 27.8 Å². The van der Waals surface area contributed by atoms with Crippen LogP contribution in [0.1, 0.15) is 63.5 Å². The summed E-state index contributed by atoms with van der Waals surface area (Å²) in [5.74, 6) is 0.478. The second-order valence-electron chi connectivity index (χ2n) is 9.10. The number of nitrogens with zero attached hydrogens (tertiary/aromatic N) is 3. The van der Waals surface area contributed by atoms with Crippen LogP contribution in [-0.2, 0) is 0 Å². The number of carbonyl (C=O) groups excluding carboxylic acids is 1. The standard InChI is InChI=1S/C22H27ClN4O2/c1-13(2)27-12-15(11-25-27)18(28)26-19-21(3,4)20(22(19,5)6)29-16-8-7-14(10-24)17(23)9-16/h7-9,11-13,19-20H,1-6H3,(H,26,28)/t19-,20-. The van der Waals surface area contributed by atoms with Gasteiger partial charge in [-0.3, -0.25) is 9.48 Å². The van der Waals surface area contributed by atoms with Gasteiger partial charge in [0.05, 0.1) is 22.3 Å². The van der Waals surface area contributed by atoms with E-state index in [0.29, 0.717) is 21.9 Å². The molecular formula is C22H27ClN4O2. The van der Waals surface area contributed by atoms with Crippen LogP contribution in [0.5, 0.6) is 5.75 Å². The van der Waals surface area contributed by atoms with Gasteiger partial charge in [-0.15, -0.1) is 0 Å². The highest BCUT2D eigenvalue weighted by atomic mass is 35.5. The normalized spacial score (nSPS) is 21.9. The van der Waals surface area contributed by atoms with Crippen LogP contribution < -0.4 is 10.1 Å². The molecule has 0 spiro atoms. The molecule has 1 aliphatic rings. The van der Waals surface area contributed by atoms with Gasteiger partial charge in [0.2, 0.25) is 0 Å². The molecule has 1 aromatic heterocycles. The van der Waals surface area contributed by atoms with E-state index in [4.69, 9.17) is 21.6 Å². The van der Waals surface area contributed by atoms with Crippen LogP contribution in [0.2, 0.25) is 5.02 Å². The lowest BCUT2D eigenvalue weighted by atomic mass is 9.49. The van der Waals surface area contributed by atoms with Crippen molar-refractivity contribution in [3.05, 3.63) is 46.7 Å². The maximum absolute atomic E-state index is 12.8. The average Bonchev–Trinajstić information content (AvgIpc) is 3.14. The maximum atomic E-state index is 12.8. The minimum Gasteiger partial charge on any atom is -0.489 e. The maximum Gasteiger partial charge on any atom is 0.254 e. The number of benzene rings is 1. The Bertz CT molecular complexity index is 955. The average molecular weight is 415 g/mol. The van der Waals surface area contributed by atoms with Gasteiger partial charge in [-0.1, -0.05) is 39.3 Å². The predicted molar refractivity (Wildman–Crippen MR) is 112 cm³/mol. The van der Waals surface area contributed by atoms with Crippen molar-refractivity contribution in [2.75, 3.05) is 0 Å². The van der Waals surface area contributed by atoms with Gasteiger partial charge in [-0.2, -0.15) is 10.4 Å². The van der Waals surface area contributed by atoms with E-state index >= 15 is 0 Å². The second kappa shape index (κ2) is 7.38. The largest absolute Gasteiger partial charge is 0.489 e. The topological polar surface area (TPSA) is 79.9 Å². The van der Waals surface area contributed by atoms with Crippen molar-refractivity contribution < 1.29 is 9.53 Å². The zero-order valence-electron chi connectivity index (χ0n) is 17.7. The summed E-state index contributed by atoms with van der Waals surface area (Å²) < 4.78 is 8.02. The van der Waals surface area contributed by atoms with Gasteiger partial charge in [-0.05, 0) is 26.0 Å². The lowest BCUT2D eigenvalue weighted by Gasteiger charge is -2.63. The van der Waals surface area contributed by atoms with Crippen LogP contribution in [0.25, 0.3) is 0 Å². The number of amides is 1. The summed E-state index contributed by atoms with van der Waals surface area (Å²) in [6.07, 6.45) is 3.23. The minimum atomic E-state index is -0.298. The molecule has 29 heavy (non-hydrogen) atoms. The summed E-state index contributed by atoms with van der Waals surface area (Å²) in [4.78, 5) is 12.8. The quantitative estimate of drug-likeness (QED) is 0.775. The molecule has 1 amide bonds. The Labute approximate surface area is 176 Å². The molecule has 1 saturated carbocycles. The lowest BCUT2D eigenvalue weighted by Crippen LogP contribution is -2.74. The van der Waals surface area contributed by atoms with Crippen molar-refractivity contribution in [2.45, 2.75) is 59.7 Å². The Kier molecular flexibility index (Phi) is 5.40. The third-order valence-electron chi connectivity index (χ3n) is 5.82. The molecule has 0 radical (unpaired) electrons. The van der Waals surface area contributed by atoms with Crippen molar-refractivity contribution in [1.29, 1.82) is 5.26 Å². The molecule has 2 aromatic rings. The molecule has 0 atom stereocenters. The van der Waals surface area contributed by atoms with Crippen molar-refractivity contribution in [1.82, 2.24) is 15.1 Å². The zero-order chi connectivity index (χ0) is 21.6. The van der Waals surface area contributed by atoms with Gasteiger partial charge in [0.1, 0.15) is 17.9 Å². The van der Waals surface area contributed by atoms with E-state index in [1.54, 1.807) is 35.3 Å². The molecule has 1 aromatic carbocycles. The minimum absolute atomic E-state index is 0.0799. The number of carbonyl (C=O) groups is 1. The number of hydrogen-bond acceptors (Lipinski definition) is 4. The Hall–Kier alpha value is -2.52. The molecular weight excluding hydrogens is 388 g/mol. The molecule has 1 fully saturated rings. The number of rotatable bonds is 5. The molecule has 1 N–H and O–H groups in total. The fourth-order valence-corrected chi connectivity index (χ4v) is 4.76. The molecule has 1 heterocycles. The van der Waals surface area contributed by atoms with Gasteiger partial charge < -0.3 is 10.1 Å². The van der Waals surface area contributed by atoms with E-state index < -0.39 is 0 Å². The van der Waals surface area contributed by atoms with E-state index in [0.717, 1.165) is 0 Å². The monoisotopic (exact) mass is 414 g/mol. The lowest BCUT2D eigenvalue weighted by molar-refractivity contribution is -0.164. The number of ether oxygens (including phenoxy) is 1. The fraction of sp³-hybridized carbons (Fsp3) is 0.500. The Morgan fingerprint density at radius 1 is 1.31 bits per heavy atom. The molecule has 0 aliphatic heterocycles. The first-order chi connectivity index (χ1) is 13.5. The number of nitriles is 1. The number of halogens is 1. The van der Waals surface area contributed by atoms with Gasteiger partial charge in [0.25, 0.3) is 5.91 Å². The van der Waals surface area contributed by atoms with E-state index in [1.807, 2.05) is 19.9 Å². The summed E-state index contributed by atoms with van der Waals surface area (Å²) in [6, 6.07) is 7.24. The second-order valence-corrected chi connectivity index (χ2v) is 9.51. The van der Waals surface area contributed by atoms with E-state index in [2.05, 4.69) is 38.1 Å². The third kappa shape index (κ3) is 3.72. The van der Waals surface area contributed by atoms with Crippen LogP contribution in [0, 0.1) is 22.2 Å². The molecule has 0 unspecified atom stereocenters. The van der Waals surface area contributed by atoms with Crippen molar-refractivity contribution >= 4 is 17.5 Å². The van der Waals surface area contributed by atoms with Crippen LogP contribution >= 0.6 is 11.6 Å². The molecule has 0 saturated heterocycles. The van der Waals surface area contributed by atoms with E-state index in [-0.39, 0.29) is 34.9 Å². The van der Waals surface area contributed by atoms with Gasteiger partial charge in [0.15, 0.2) is 0 Å². The summed E-state index contributed by atoms with van der Waals surface area (Å²) in [5.41, 5.74) is 0.369. The highest BCUT2D eigenvalue weighted by Gasteiger charge is 2.64. The van der Waals surface area contributed by atoms with E-state index in [1.165, 1.54) is 0 Å². The highest BCUT2D eigenvalue weighted by molar-refractivity contribution is 6.31. The SMILES string of the molecule is CC(C)n1cc(C(=O)N[C@H]2C(C)(C)[C@H](Oc3ccc(C#N)c(Cl)c3)C2(C)C)cn1. The first-order valence-electron chi connectivity index (χ1n) is 9.69. The van der Waals surface area contributed by atoms with Gasteiger partial charge in [0, 0.05) is 35.2 Å². The Morgan fingerprint density at radius 3 is 2.48 bits per heavy atom. The Morgan fingerprint density at radius 2 is 1.97 bits per heavy atom. The molecule has 6 nitrogen and oxygen atoms in total. The van der Waals surface area contributed by atoms with Crippen molar-refractivity contribution in [3.8, 4) is 11.8 Å². The molecule has 7 heteroatoms. The van der Waals surface area contributed by atoms with Gasteiger partial charge >= 0.3 is 0 Å². The zero-order valence-corrected chi connectivity index (χ0v) is 18.4. The van der Waals surface area contributed by atoms with Crippen LogP contribution in [0.4, 0.5) is 0 Å². The number of nitrogens with one attached hydrogen (secondary N) is 1. The third-order valence-corrected chi connectivity index (χ3v) is 6.14. The van der Waals surface area contributed by atoms with Gasteiger partial charge in [-0.25, -0.2) is 0 Å². The van der Waals surface area contributed by atoms with Crippen molar-refractivity contribution in [2.24, 2.45) is 10.8 Å². The first-order valence-corrected chi connectivity index (χ1v) is 10.1. The molecule has 1 aliphatic carbocycles. The first kappa shape index (κ1) is 21.2. The number of aromatic nitrogens is 2.